The Hall–Kier alpha value is -1.28. The molecule has 1 fully saturated rings. The Morgan fingerprint density at radius 3 is 2.74 bits per heavy atom. The average Bonchev–Trinajstić information content (AvgIpc) is 2.70. The SMILES string of the molecule is CC(=O)C[C@@]1(O)C(=O)N(CN2CCOCC2)c2ccc(Br)cc21. The second kappa shape index (κ2) is 6.32. The third kappa shape index (κ3) is 3.06. The Morgan fingerprint density at radius 2 is 2.09 bits per heavy atom. The third-order valence-electron chi connectivity index (χ3n) is 4.24. The number of aliphatic hydroxyl groups is 1. The van der Waals surface area contributed by atoms with Gasteiger partial charge in [-0.15, -0.1) is 0 Å². The predicted molar refractivity (Wildman–Crippen MR) is 88.1 cm³/mol. The molecule has 2 aliphatic heterocycles. The molecule has 0 aliphatic carbocycles. The molecule has 0 spiro atoms. The van der Waals surface area contributed by atoms with Gasteiger partial charge in [0.1, 0.15) is 5.78 Å². The van der Waals surface area contributed by atoms with E-state index in [9.17, 15) is 14.7 Å². The number of fused-ring (bicyclic) bond motifs is 1. The molecule has 1 aromatic rings. The third-order valence-corrected chi connectivity index (χ3v) is 4.74. The predicted octanol–water partition coefficient (Wildman–Crippen LogP) is 1.25. The summed E-state index contributed by atoms with van der Waals surface area (Å²) in [5, 5.41) is 10.9. The smallest absolute Gasteiger partial charge is 0.265 e. The summed E-state index contributed by atoms with van der Waals surface area (Å²) in [6, 6.07) is 5.35. The van der Waals surface area contributed by atoms with E-state index >= 15 is 0 Å². The number of rotatable bonds is 4. The van der Waals surface area contributed by atoms with E-state index in [0.29, 0.717) is 31.1 Å². The topological polar surface area (TPSA) is 70.1 Å². The highest BCUT2D eigenvalue weighted by atomic mass is 79.9. The molecular weight excluding hydrogens is 364 g/mol. The van der Waals surface area contributed by atoms with E-state index in [1.54, 1.807) is 17.0 Å². The number of Topliss-reactive ketones (excluding diaryl/α,β-unsaturated/α-hetero) is 1. The first-order valence-corrected chi connectivity index (χ1v) is 8.35. The summed E-state index contributed by atoms with van der Waals surface area (Å²) >= 11 is 3.37. The van der Waals surface area contributed by atoms with Gasteiger partial charge >= 0.3 is 0 Å². The number of anilines is 1. The van der Waals surface area contributed by atoms with Crippen LogP contribution in [0.4, 0.5) is 5.69 Å². The molecule has 0 radical (unpaired) electrons. The second-order valence-electron chi connectivity index (χ2n) is 6.01. The van der Waals surface area contributed by atoms with Gasteiger partial charge in [-0.2, -0.15) is 0 Å². The van der Waals surface area contributed by atoms with E-state index in [4.69, 9.17) is 4.74 Å². The molecule has 2 heterocycles. The standard InChI is InChI=1S/C16H19BrN2O4/c1-11(20)9-16(22)13-8-12(17)2-3-14(13)19(15(16)21)10-18-4-6-23-7-5-18/h2-3,8,22H,4-7,9-10H2,1H3/t16-/m0/s1. The van der Waals surface area contributed by atoms with E-state index in [-0.39, 0.29) is 12.2 Å². The Labute approximate surface area is 143 Å². The van der Waals surface area contributed by atoms with Crippen molar-refractivity contribution >= 4 is 33.3 Å². The summed E-state index contributed by atoms with van der Waals surface area (Å²) in [5.41, 5.74) is -0.634. The molecule has 7 heteroatoms. The van der Waals surface area contributed by atoms with E-state index in [0.717, 1.165) is 17.6 Å². The van der Waals surface area contributed by atoms with Gasteiger partial charge in [0, 0.05) is 29.5 Å². The lowest BCUT2D eigenvalue weighted by molar-refractivity contribution is -0.141. The molecular formula is C16H19BrN2O4. The number of ketones is 1. The maximum Gasteiger partial charge on any atom is 0.265 e. The molecule has 1 N–H and O–H groups in total. The number of amides is 1. The molecule has 1 amide bonds. The van der Waals surface area contributed by atoms with Gasteiger partial charge in [-0.25, -0.2) is 0 Å². The number of ether oxygens (including phenoxy) is 1. The van der Waals surface area contributed by atoms with Crippen molar-refractivity contribution in [1.82, 2.24) is 4.90 Å². The molecule has 1 aromatic carbocycles. The minimum atomic E-state index is -1.78. The van der Waals surface area contributed by atoms with Crippen LogP contribution in [0.3, 0.4) is 0 Å². The highest BCUT2D eigenvalue weighted by Crippen LogP contribution is 2.43. The molecule has 0 saturated carbocycles. The fraction of sp³-hybridized carbons (Fsp3) is 0.500. The van der Waals surface area contributed by atoms with Crippen LogP contribution in [0.25, 0.3) is 0 Å². The summed E-state index contributed by atoms with van der Waals surface area (Å²) in [5.74, 6) is -0.660. The van der Waals surface area contributed by atoms with Crippen LogP contribution in [0.15, 0.2) is 22.7 Å². The fourth-order valence-corrected chi connectivity index (χ4v) is 3.50. The van der Waals surface area contributed by atoms with Gasteiger partial charge in [0.2, 0.25) is 0 Å². The number of hydrogen-bond donors (Lipinski definition) is 1. The van der Waals surface area contributed by atoms with Crippen molar-refractivity contribution in [3.05, 3.63) is 28.2 Å². The second-order valence-corrected chi connectivity index (χ2v) is 6.92. The molecule has 6 nitrogen and oxygen atoms in total. The minimum Gasteiger partial charge on any atom is -0.379 e. The highest BCUT2D eigenvalue weighted by molar-refractivity contribution is 9.10. The lowest BCUT2D eigenvalue weighted by atomic mass is 9.90. The molecule has 1 atom stereocenters. The van der Waals surface area contributed by atoms with Gasteiger partial charge in [-0.3, -0.25) is 19.4 Å². The average molecular weight is 383 g/mol. The van der Waals surface area contributed by atoms with Gasteiger partial charge in [0.15, 0.2) is 5.60 Å². The van der Waals surface area contributed by atoms with E-state index < -0.39 is 11.5 Å². The fourth-order valence-electron chi connectivity index (χ4n) is 3.14. The van der Waals surface area contributed by atoms with Crippen molar-refractivity contribution in [2.75, 3.05) is 37.9 Å². The molecule has 1 saturated heterocycles. The highest BCUT2D eigenvalue weighted by Gasteiger charge is 2.50. The maximum absolute atomic E-state index is 12.9. The summed E-state index contributed by atoms with van der Waals surface area (Å²) < 4.78 is 6.09. The number of halogens is 1. The molecule has 0 bridgehead atoms. The summed E-state index contributed by atoms with van der Waals surface area (Å²) in [6.45, 7) is 4.51. The van der Waals surface area contributed by atoms with Gasteiger partial charge in [-0.05, 0) is 25.1 Å². The van der Waals surface area contributed by atoms with Crippen LogP contribution in [0.1, 0.15) is 18.9 Å². The maximum atomic E-state index is 12.9. The van der Waals surface area contributed by atoms with Crippen molar-refractivity contribution in [2.45, 2.75) is 18.9 Å². The van der Waals surface area contributed by atoms with Crippen LogP contribution < -0.4 is 4.90 Å². The molecule has 23 heavy (non-hydrogen) atoms. The Morgan fingerprint density at radius 1 is 1.39 bits per heavy atom. The molecule has 124 valence electrons. The lowest BCUT2D eigenvalue weighted by Gasteiger charge is -2.31. The van der Waals surface area contributed by atoms with Crippen molar-refractivity contribution in [3.8, 4) is 0 Å². The molecule has 3 rings (SSSR count). The summed E-state index contributed by atoms with van der Waals surface area (Å²) in [4.78, 5) is 28.1. The first kappa shape index (κ1) is 16.6. The van der Waals surface area contributed by atoms with Crippen LogP contribution >= 0.6 is 15.9 Å². The molecule has 2 aliphatic rings. The van der Waals surface area contributed by atoms with E-state index in [1.165, 1.54) is 6.92 Å². The Kier molecular flexibility index (Phi) is 4.55. The number of benzene rings is 1. The van der Waals surface area contributed by atoms with E-state index in [1.807, 2.05) is 6.07 Å². The summed E-state index contributed by atoms with van der Waals surface area (Å²) in [7, 11) is 0. The largest absolute Gasteiger partial charge is 0.379 e. The van der Waals surface area contributed by atoms with Crippen LogP contribution in [-0.2, 0) is 19.9 Å². The zero-order valence-electron chi connectivity index (χ0n) is 12.9. The number of morpholine rings is 1. The monoisotopic (exact) mass is 382 g/mol. The number of hydrogen-bond acceptors (Lipinski definition) is 5. The zero-order chi connectivity index (χ0) is 16.6. The van der Waals surface area contributed by atoms with Crippen LogP contribution in [-0.4, -0.2) is 54.7 Å². The van der Waals surface area contributed by atoms with Crippen molar-refractivity contribution in [2.24, 2.45) is 0 Å². The summed E-state index contributed by atoms with van der Waals surface area (Å²) in [6.07, 6.45) is -0.213. The van der Waals surface area contributed by atoms with Crippen LogP contribution in [0, 0.1) is 0 Å². The normalized spacial score (nSPS) is 24.8. The van der Waals surface area contributed by atoms with Gasteiger partial charge in [0.25, 0.3) is 5.91 Å². The molecule has 0 unspecified atom stereocenters. The number of nitrogens with zero attached hydrogens (tertiary/aromatic N) is 2. The van der Waals surface area contributed by atoms with Crippen molar-refractivity contribution in [1.29, 1.82) is 0 Å². The quantitative estimate of drug-likeness (QED) is 0.848. The van der Waals surface area contributed by atoms with Gasteiger partial charge < -0.3 is 9.84 Å². The first-order chi connectivity index (χ1) is 10.9. The van der Waals surface area contributed by atoms with Crippen molar-refractivity contribution < 1.29 is 19.4 Å². The number of carbonyl (C=O) groups is 2. The molecule has 0 aromatic heterocycles. The van der Waals surface area contributed by atoms with E-state index in [2.05, 4.69) is 20.8 Å². The lowest BCUT2D eigenvalue weighted by Crippen LogP contribution is -2.48. The zero-order valence-corrected chi connectivity index (χ0v) is 14.5. The minimum absolute atomic E-state index is 0.213. The Balaban J connectivity index is 1.95. The van der Waals surface area contributed by atoms with Gasteiger partial charge in [-0.1, -0.05) is 15.9 Å². The number of carbonyl (C=O) groups excluding carboxylic acids is 2. The Bertz CT molecular complexity index is 645. The van der Waals surface area contributed by atoms with Crippen molar-refractivity contribution in [3.63, 3.8) is 0 Å². The van der Waals surface area contributed by atoms with Gasteiger partial charge in [0.05, 0.1) is 25.6 Å². The van der Waals surface area contributed by atoms with Crippen LogP contribution in [0.5, 0.6) is 0 Å². The first-order valence-electron chi connectivity index (χ1n) is 7.56. The van der Waals surface area contributed by atoms with Crippen LogP contribution in [0.2, 0.25) is 0 Å².